The third kappa shape index (κ3) is 5.92. The van der Waals surface area contributed by atoms with Crippen molar-refractivity contribution in [2.24, 2.45) is 4.99 Å². The van der Waals surface area contributed by atoms with E-state index in [1.54, 1.807) is 11.0 Å². The summed E-state index contributed by atoms with van der Waals surface area (Å²) in [7, 11) is 5.90. The van der Waals surface area contributed by atoms with Crippen LogP contribution in [-0.4, -0.2) is 52.7 Å². The summed E-state index contributed by atoms with van der Waals surface area (Å²) in [6.07, 6.45) is 0. The third-order valence-electron chi connectivity index (χ3n) is 7.62. The van der Waals surface area contributed by atoms with Crippen molar-refractivity contribution in [3.8, 4) is 5.88 Å². The van der Waals surface area contributed by atoms with Gasteiger partial charge in [-0.25, -0.2) is 4.99 Å². The molecule has 1 aromatic heterocycles. The van der Waals surface area contributed by atoms with Crippen LogP contribution in [0.5, 0.6) is 5.88 Å². The van der Waals surface area contributed by atoms with Gasteiger partial charge in [0.1, 0.15) is 0 Å². The van der Waals surface area contributed by atoms with Gasteiger partial charge in [0, 0.05) is 42.2 Å². The van der Waals surface area contributed by atoms with E-state index >= 15 is 0 Å². The number of aliphatic imine (C=N–C) groups is 1. The van der Waals surface area contributed by atoms with Crippen LogP contribution < -0.4 is 0 Å². The predicted octanol–water partition coefficient (Wildman–Crippen LogP) is 7.53. The van der Waals surface area contributed by atoms with Crippen LogP contribution in [0.3, 0.4) is 0 Å². The van der Waals surface area contributed by atoms with Gasteiger partial charge in [-0.3, -0.25) is 4.79 Å². The molecule has 6 aromatic rings. The Balaban J connectivity index is 1.38. The zero-order valence-corrected chi connectivity index (χ0v) is 24.6. The van der Waals surface area contributed by atoms with Gasteiger partial charge in [-0.2, -0.15) is 0 Å². The highest BCUT2D eigenvalue weighted by atomic mass is 16.3. The lowest BCUT2D eigenvalue weighted by molar-refractivity contribution is 0.0786. The molecule has 0 bridgehead atoms. The lowest BCUT2D eigenvalue weighted by Gasteiger charge is -2.19. The number of fused-ring (bicyclic) bond motifs is 2. The van der Waals surface area contributed by atoms with E-state index in [0.717, 1.165) is 45.0 Å². The SMILES string of the molecule is CN(C)Cc1ccc(N=C(c2ccccc2)c2c(O)[nH]c3ccc(C(=O)N(C)Cc4cccc5ccccc45)cc23)cc1. The average molecular weight is 567 g/mol. The third-order valence-corrected chi connectivity index (χ3v) is 7.62. The summed E-state index contributed by atoms with van der Waals surface area (Å²) in [5, 5.41) is 14.2. The molecule has 1 heterocycles. The number of aromatic nitrogens is 1. The number of hydrogen-bond acceptors (Lipinski definition) is 4. The van der Waals surface area contributed by atoms with Crippen LogP contribution in [0.25, 0.3) is 21.7 Å². The van der Waals surface area contributed by atoms with Gasteiger partial charge >= 0.3 is 0 Å². The van der Waals surface area contributed by atoms with Crippen molar-refractivity contribution >= 4 is 39.0 Å². The van der Waals surface area contributed by atoms with E-state index in [1.807, 2.05) is 93.9 Å². The summed E-state index contributed by atoms with van der Waals surface area (Å²) in [5.74, 6) is -0.0910. The quantitative estimate of drug-likeness (QED) is 0.187. The van der Waals surface area contributed by atoms with E-state index in [-0.39, 0.29) is 11.8 Å². The summed E-state index contributed by atoms with van der Waals surface area (Å²) >= 11 is 0. The Morgan fingerprint density at radius 2 is 1.47 bits per heavy atom. The Morgan fingerprint density at radius 1 is 0.744 bits per heavy atom. The van der Waals surface area contributed by atoms with Gasteiger partial charge < -0.3 is 19.9 Å². The number of benzene rings is 5. The fourth-order valence-corrected chi connectivity index (χ4v) is 5.56. The van der Waals surface area contributed by atoms with Gasteiger partial charge in [0.15, 0.2) is 5.88 Å². The second-order valence-corrected chi connectivity index (χ2v) is 11.1. The molecule has 2 N–H and O–H groups in total. The number of hydrogen-bond donors (Lipinski definition) is 2. The molecule has 5 aromatic carbocycles. The van der Waals surface area contributed by atoms with Crippen molar-refractivity contribution in [3.63, 3.8) is 0 Å². The van der Waals surface area contributed by atoms with Crippen molar-refractivity contribution in [3.05, 3.63) is 143 Å². The topological polar surface area (TPSA) is 71.9 Å². The minimum Gasteiger partial charge on any atom is -0.494 e. The minimum absolute atomic E-state index is 0.00976. The van der Waals surface area contributed by atoms with E-state index in [4.69, 9.17) is 4.99 Å². The number of nitrogens with zero attached hydrogens (tertiary/aromatic N) is 3. The summed E-state index contributed by atoms with van der Waals surface area (Å²) in [4.78, 5) is 25.7. The zero-order valence-electron chi connectivity index (χ0n) is 24.6. The molecular formula is C37H34N4O2. The van der Waals surface area contributed by atoms with Gasteiger partial charge in [-0.05, 0) is 66.3 Å². The number of aromatic hydroxyl groups is 1. The Hall–Kier alpha value is -5.20. The van der Waals surface area contributed by atoms with Gasteiger partial charge in [-0.1, -0.05) is 84.9 Å². The Morgan fingerprint density at radius 3 is 2.23 bits per heavy atom. The zero-order chi connectivity index (χ0) is 29.9. The molecular weight excluding hydrogens is 532 g/mol. The van der Waals surface area contributed by atoms with E-state index in [9.17, 15) is 9.90 Å². The normalized spacial score (nSPS) is 11.9. The van der Waals surface area contributed by atoms with Crippen LogP contribution >= 0.6 is 0 Å². The van der Waals surface area contributed by atoms with Crippen LogP contribution in [0.15, 0.2) is 120 Å². The molecule has 0 fully saturated rings. The van der Waals surface area contributed by atoms with E-state index in [0.29, 0.717) is 23.4 Å². The molecule has 0 aliphatic carbocycles. The first kappa shape index (κ1) is 27.9. The Labute approximate surface area is 251 Å². The van der Waals surface area contributed by atoms with Crippen LogP contribution in [0.2, 0.25) is 0 Å². The first-order valence-corrected chi connectivity index (χ1v) is 14.3. The van der Waals surface area contributed by atoms with E-state index in [1.165, 1.54) is 5.56 Å². The smallest absolute Gasteiger partial charge is 0.253 e. The van der Waals surface area contributed by atoms with Crippen LogP contribution in [-0.2, 0) is 13.1 Å². The Bertz CT molecular complexity index is 1930. The fraction of sp³-hybridized carbons (Fsp3) is 0.135. The lowest BCUT2D eigenvalue weighted by Crippen LogP contribution is -2.26. The van der Waals surface area contributed by atoms with Crippen molar-refractivity contribution in [1.29, 1.82) is 0 Å². The largest absolute Gasteiger partial charge is 0.494 e. The molecule has 214 valence electrons. The molecule has 1 amide bonds. The molecule has 6 rings (SSSR count). The lowest BCUT2D eigenvalue weighted by atomic mass is 9.99. The van der Waals surface area contributed by atoms with Crippen LogP contribution in [0, 0.1) is 0 Å². The second kappa shape index (κ2) is 12.0. The molecule has 6 heteroatoms. The predicted molar refractivity (Wildman–Crippen MR) is 175 cm³/mol. The highest BCUT2D eigenvalue weighted by Gasteiger charge is 2.21. The van der Waals surface area contributed by atoms with Crippen molar-refractivity contribution in [2.75, 3.05) is 21.1 Å². The molecule has 0 unspecified atom stereocenters. The number of carbonyl (C=O) groups excluding carboxylic acids is 1. The highest BCUT2D eigenvalue weighted by molar-refractivity contribution is 6.22. The molecule has 43 heavy (non-hydrogen) atoms. The molecule has 0 aliphatic heterocycles. The highest BCUT2D eigenvalue weighted by Crippen LogP contribution is 2.33. The monoisotopic (exact) mass is 566 g/mol. The van der Waals surface area contributed by atoms with Gasteiger partial charge in [-0.15, -0.1) is 0 Å². The van der Waals surface area contributed by atoms with E-state index in [2.05, 4.69) is 46.3 Å². The number of nitrogens with one attached hydrogen (secondary N) is 1. The number of rotatable bonds is 8. The maximum absolute atomic E-state index is 13.7. The molecule has 0 radical (unpaired) electrons. The van der Waals surface area contributed by atoms with Crippen molar-refractivity contribution < 1.29 is 9.90 Å². The van der Waals surface area contributed by atoms with Crippen molar-refractivity contribution in [2.45, 2.75) is 13.1 Å². The van der Waals surface area contributed by atoms with Gasteiger partial charge in [0.25, 0.3) is 5.91 Å². The number of H-pyrrole nitrogens is 1. The van der Waals surface area contributed by atoms with Gasteiger partial charge in [0.05, 0.1) is 17.0 Å². The standard InChI is InChI=1S/C37H34N4O2/c1-40(2)23-25-16-19-30(20-17-25)38-35(27-11-5-4-6-12-27)34-32-22-28(18-21-33(32)39-36(34)42)37(43)41(3)24-29-14-9-13-26-10-7-8-15-31(26)29/h4-22,39,42H,23-24H2,1-3H3. The molecule has 0 spiro atoms. The summed E-state index contributed by atoms with van der Waals surface area (Å²) in [5.41, 5.74) is 6.36. The van der Waals surface area contributed by atoms with Crippen LogP contribution in [0.4, 0.5) is 5.69 Å². The second-order valence-electron chi connectivity index (χ2n) is 11.1. The summed E-state index contributed by atoms with van der Waals surface area (Å²) < 4.78 is 0. The summed E-state index contributed by atoms with van der Waals surface area (Å²) in [6.45, 7) is 1.31. The first-order chi connectivity index (χ1) is 20.9. The summed E-state index contributed by atoms with van der Waals surface area (Å²) in [6, 6.07) is 37.8. The number of carbonyl (C=O) groups is 1. The fourth-order valence-electron chi connectivity index (χ4n) is 5.56. The maximum Gasteiger partial charge on any atom is 0.253 e. The Kier molecular flexibility index (Phi) is 7.77. The first-order valence-electron chi connectivity index (χ1n) is 14.3. The van der Waals surface area contributed by atoms with E-state index < -0.39 is 0 Å². The van der Waals surface area contributed by atoms with Crippen molar-refractivity contribution in [1.82, 2.24) is 14.8 Å². The molecule has 6 nitrogen and oxygen atoms in total. The molecule has 0 atom stereocenters. The molecule has 0 saturated carbocycles. The van der Waals surface area contributed by atoms with Crippen LogP contribution in [0.1, 0.15) is 32.6 Å². The molecule has 0 aliphatic rings. The number of amides is 1. The van der Waals surface area contributed by atoms with Gasteiger partial charge in [0.2, 0.25) is 0 Å². The maximum atomic E-state index is 13.7. The average Bonchev–Trinajstić information content (AvgIpc) is 3.35. The number of aromatic amines is 1. The molecule has 0 saturated heterocycles. The minimum atomic E-state index is -0.101.